The van der Waals surface area contributed by atoms with Gasteiger partial charge in [-0.1, -0.05) is 6.07 Å². The molecule has 0 aliphatic carbocycles. The van der Waals surface area contributed by atoms with Crippen molar-refractivity contribution >= 4 is 13.6 Å². The molecule has 1 atom stereocenters. The van der Waals surface area contributed by atoms with Gasteiger partial charge in [-0.25, -0.2) is 14.5 Å². The van der Waals surface area contributed by atoms with Crippen molar-refractivity contribution in [2.45, 2.75) is 25.8 Å². The van der Waals surface area contributed by atoms with Crippen LogP contribution >= 0.6 is 7.82 Å². The van der Waals surface area contributed by atoms with Gasteiger partial charge in [0.25, 0.3) is 0 Å². The Morgan fingerprint density at radius 2 is 2.09 bits per heavy atom. The van der Waals surface area contributed by atoms with Crippen LogP contribution in [0.4, 0.5) is 0 Å². The fraction of sp³-hybridized carbons (Fsp3) is 0.417. The van der Waals surface area contributed by atoms with Gasteiger partial charge in [0.05, 0.1) is 5.54 Å². The Bertz CT molecular complexity index is 589. The maximum absolute atomic E-state index is 11.6. The predicted octanol–water partition coefficient (Wildman–Crippen LogP) is 0.191. The summed E-state index contributed by atoms with van der Waals surface area (Å²) in [7, 11) is -4.66. The molecule has 0 radical (unpaired) electrons. The van der Waals surface area contributed by atoms with Crippen LogP contribution in [0.3, 0.4) is 0 Å². The average molecular weight is 334 g/mol. The number of aromatic hydroxyl groups is 1. The summed E-state index contributed by atoms with van der Waals surface area (Å²) >= 11 is 0. The molecule has 10 heteroatoms. The van der Waals surface area contributed by atoms with Crippen LogP contribution < -0.4 is 16.0 Å². The lowest BCUT2D eigenvalue weighted by molar-refractivity contribution is -0.122. The standard InChI is InChI=1S/C12H19N2O7P/c1-8(15)12(2,14-13)6-9-3-4-10(16)11(5-9)20-7-21-22(17,18)19/h3-5,14,16H,6-7,13H2,1-2H3,(H2,17,18,19)/t12-/m0/s1. The first kappa shape index (κ1) is 18.6. The number of hydrogen-bond donors (Lipinski definition) is 5. The molecule has 0 saturated heterocycles. The fourth-order valence-electron chi connectivity index (χ4n) is 1.63. The largest absolute Gasteiger partial charge is 0.504 e. The van der Waals surface area contributed by atoms with Crippen LogP contribution in [0.15, 0.2) is 18.2 Å². The summed E-state index contributed by atoms with van der Waals surface area (Å²) in [4.78, 5) is 28.7. The Hall–Kier alpha value is -1.48. The second-order valence-electron chi connectivity index (χ2n) is 4.89. The van der Waals surface area contributed by atoms with Gasteiger partial charge < -0.3 is 19.6 Å². The number of phenols is 1. The number of hydrogen-bond acceptors (Lipinski definition) is 7. The predicted molar refractivity (Wildman–Crippen MR) is 76.8 cm³/mol. The van der Waals surface area contributed by atoms with Gasteiger partial charge in [0.15, 0.2) is 17.3 Å². The van der Waals surface area contributed by atoms with E-state index in [0.29, 0.717) is 5.56 Å². The zero-order valence-electron chi connectivity index (χ0n) is 12.1. The zero-order valence-corrected chi connectivity index (χ0v) is 13.0. The SMILES string of the molecule is CC(=O)[C@](C)(Cc1ccc(O)c(OCOP(=O)(O)O)c1)NN. The minimum atomic E-state index is -4.66. The highest BCUT2D eigenvalue weighted by Gasteiger charge is 2.28. The number of hydrazine groups is 1. The number of phosphoric acid groups is 1. The quantitative estimate of drug-likeness (QED) is 0.194. The molecule has 0 aliphatic heterocycles. The molecule has 0 bridgehead atoms. The fourth-order valence-corrected chi connectivity index (χ4v) is 1.82. The molecule has 0 heterocycles. The van der Waals surface area contributed by atoms with E-state index in [0.717, 1.165) is 0 Å². The lowest BCUT2D eigenvalue weighted by Gasteiger charge is -2.26. The van der Waals surface area contributed by atoms with Crippen molar-refractivity contribution in [2.24, 2.45) is 5.84 Å². The summed E-state index contributed by atoms with van der Waals surface area (Å²) in [6.45, 7) is 2.28. The van der Waals surface area contributed by atoms with Gasteiger partial charge in [0.1, 0.15) is 0 Å². The first-order chi connectivity index (χ1) is 10.1. The van der Waals surface area contributed by atoms with Crippen LogP contribution in [0.1, 0.15) is 19.4 Å². The molecule has 6 N–H and O–H groups in total. The number of ketones is 1. The summed E-state index contributed by atoms with van der Waals surface area (Å²) in [6, 6.07) is 4.33. The van der Waals surface area contributed by atoms with E-state index in [-0.39, 0.29) is 23.7 Å². The summed E-state index contributed by atoms with van der Waals surface area (Å²) < 4.78 is 19.6. The smallest absolute Gasteiger partial charge is 0.472 e. The van der Waals surface area contributed by atoms with Gasteiger partial charge in [-0.2, -0.15) is 0 Å². The molecule has 9 nitrogen and oxygen atoms in total. The van der Waals surface area contributed by atoms with Crippen LogP contribution in [0.2, 0.25) is 0 Å². The molecule has 0 aromatic heterocycles. The zero-order chi connectivity index (χ0) is 17.0. The molecule has 124 valence electrons. The number of phenolic OH excluding ortho intramolecular Hbond substituents is 1. The van der Waals surface area contributed by atoms with Gasteiger partial charge in [0, 0.05) is 0 Å². The number of carbonyl (C=O) groups excluding carboxylic acids is 1. The Morgan fingerprint density at radius 1 is 1.45 bits per heavy atom. The maximum Gasteiger partial charge on any atom is 0.472 e. The Labute approximate surface area is 127 Å². The van der Waals surface area contributed by atoms with E-state index in [1.807, 2.05) is 0 Å². The first-order valence-corrected chi connectivity index (χ1v) is 7.74. The molecule has 0 amide bonds. The lowest BCUT2D eigenvalue weighted by atomic mass is 9.90. The van der Waals surface area contributed by atoms with Crippen molar-refractivity contribution < 1.29 is 33.5 Å². The van der Waals surface area contributed by atoms with E-state index in [9.17, 15) is 14.5 Å². The number of benzene rings is 1. The second kappa shape index (κ2) is 7.19. The molecule has 0 saturated carbocycles. The van der Waals surface area contributed by atoms with Crippen molar-refractivity contribution in [3.8, 4) is 11.5 Å². The number of carbonyl (C=O) groups is 1. The molecular weight excluding hydrogens is 315 g/mol. The van der Waals surface area contributed by atoms with E-state index in [1.165, 1.54) is 19.1 Å². The van der Waals surface area contributed by atoms with E-state index < -0.39 is 20.2 Å². The number of nitrogens with two attached hydrogens (primary N) is 1. The van der Waals surface area contributed by atoms with E-state index >= 15 is 0 Å². The molecule has 1 rings (SSSR count). The summed E-state index contributed by atoms with van der Waals surface area (Å²) in [5, 5.41) is 9.65. The third kappa shape index (κ3) is 5.38. The van der Waals surface area contributed by atoms with Crippen molar-refractivity contribution in [1.29, 1.82) is 0 Å². The van der Waals surface area contributed by atoms with Gasteiger partial charge in [0.2, 0.25) is 6.79 Å². The summed E-state index contributed by atoms with van der Waals surface area (Å²) in [5.41, 5.74) is 2.08. The highest BCUT2D eigenvalue weighted by molar-refractivity contribution is 7.46. The van der Waals surface area contributed by atoms with Gasteiger partial charge in [-0.05, 0) is 38.0 Å². The first-order valence-electron chi connectivity index (χ1n) is 6.21. The topological polar surface area (TPSA) is 151 Å². The molecule has 1 aromatic rings. The van der Waals surface area contributed by atoms with Crippen LogP contribution in [0, 0.1) is 0 Å². The monoisotopic (exact) mass is 334 g/mol. The normalized spacial score (nSPS) is 14.4. The number of rotatable bonds is 8. The molecule has 0 spiro atoms. The number of phosphoric ester groups is 1. The molecular formula is C12H19N2O7P. The van der Waals surface area contributed by atoms with Crippen LogP contribution in [-0.2, 0) is 20.3 Å². The highest BCUT2D eigenvalue weighted by Crippen LogP contribution is 2.36. The molecule has 0 unspecified atom stereocenters. The maximum atomic E-state index is 11.6. The lowest BCUT2D eigenvalue weighted by Crippen LogP contribution is -2.53. The minimum absolute atomic E-state index is 0.0335. The highest BCUT2D eigenvalue weighted by atomic mass is 31.2. The number of Topliss-reactive ketones (excluding diaryl/α,β-unsaturated/α-hetero) is 1. The Morgan fingerprint density at radius 3 is 2.59 bits per heavy atom. The van der Waals surface area contributed by atoms with Crippen molar-refractivity contribution in [3.63, 3.8) is 0 Å². The second-order valence-corrected chi connectivity index (χ2v) is 6.13. The minimum Gasteiger partial charge on any atom is -0.504 e. The van der Waals surface area contributed by atoms with Crippen molar-refractivity contribution in [1.82, 2.24) is 5.43 Å². The summed E-state index contributed by atoms with van der Waals surface area (Å²) in [5.74, 6) is 4.96. The van der Waals surface area contributed by atoms with Crippen molar-refractivity contribution in [2.75, 3.05) is 6.79 Å². The van der Waals surface area contributed by atoms with Gasteiger partial charge in [-0.3, -0.25) is 10.6 Å². The van der Waals surface area contributed by atoms with Crippen molar-refractivity contribution in [3.05, 3.63) is 23.8 Å². The van der Waals surface area contributed by atoms with Gasteiger partial charge in [-0.15, -0.1) is 0 Å². The number of ether oxygens (including phenoxy) is 1. The Kier molecular flexibility index (Phi) is 6.07. The third-order valence-corrected chi connectivity index (χ3v) is 3.55. The third-order valence-electron chi connectivity index (χ3n) is 3.11. The Balaban J connectivity index is 2.85. The van der Waals surface area contributed by atoms with Crippen LogP contribution in [-0.4, -0.2) is 33.0 Å². The summed E-state index contributed by atoms with van der Waals surface area (Å²) in [6.07, 6.45) is 0.231. The van der Waals surface area contributed by atoms with E-state index in [1.54, 1.807) is 13.0 Å². The van der Waals surface area contributed by atoms with Gasteiger partial charge >= 0.3 is 7.82 Å². The van der Waals surface area contributed by atoms with Crippen LogP contribution in [0.25, 0.3) is 0 Å². The van der Waals surface area contributed by atoms with E-state index in [4.69, 9.17) is 20.4 Å². The average Bonchev–Trinajstić information content (AvgIpc) is 2.40. The van der Waals surface area contributed by atoms with E-state index in [2.05, 4.69) is 9.95 Å². The molecule has 1 aromatic carbocycles. The molecule has 0 aliphatic rings. The number of nitrogens with one attached hydrogen (secondary N) is 1. The molecule has 22 heavy (non-hydrogen) atoms. The van der Waals surface area contributed by atoms with Crippen LogP contribution in [0.5, 0.6) is 11.5 Å². The molecule has 0 fully saturated rings.